The minimum absolute atomic E-state index is 0.862. The highest BCUT2D eigenvalue weighted by atomic mass is 14.9. The van der Waals surface area contributed by atoms with Crippen molar-refractivity contribution < 1.29 is 0 Å². The van der Waals surface area contributed by atoms with Gasteiger partial charge in [-0.1, -0.05) is 12.1 Å². The van der Waals surface area contributed by atoms with Crippen molar-refractivity contribution >= 4 is 5.69 Å². The molecule has 70 valence electrons. The zero-order chi connectivity index (χ0) is 9.10. The second kappa shape index (κ2) is 3.79. The first-order valence-electron chi connectivity index (χ1n) is 4.86. The monoisotopic (exact) mass is 176 g/mol. The summed E-state index contributed by atoms with van der Waals surface area (Å²) in [6, 6.07) is 8.71. The summed E-state index contributed by atoms with van der Waals surface area (Å²) < 4.78 is 0. The molecule has 1 fully saturated rings. The third-order valence-corrected chi connectivity index (χ3v) is 2.63. The van der Waals surface area contributed by atoms with E-state index in [1.165, 1.54) is 30.8 Å². The summed E-state index contributed by atoms with van der Waals surface area (Å²) in [5.74, 6) is 0.862. The summed E-state index contributed by atoms with van der Waals surface area (Å²) in [5, 5.41) is 6.41. The highest BCUT2D eigenvalue weighted by Crippen LogP contribution is 2.14. The van der Waals surface area contributed by atoms with Gasteiger partial charge in [-0.2, -0.15) is 0 Å². The van der Waals surface area contributed by atoms with Crippen LogP contribution in [-0.4, -0.2) is 20.1 Å². The predicted molar refractivity (Wildman–Crippen MR) is 56.1 cm³/mol. The van der Waals surface area contributed by atoms with Gasteiger partial charge in [-0.3, -0.25) is 0 Å². The van der Waals surface area contributed by atoms with E-state index in [-0.39, 0.29) is 0 Å². The van der Waals surface area contributed by atoms with E-state index in [9.17, 15) is 0 Å². The van der Waals surface area contributed by atoms with Gasteiger partial charge in [0.1, 0.15) is 0 Å². The summed E-state index contributed by atoms with van der Waals surface area (Å²) in [5.41, 5.74) is 2.64. The largest absolute Gasteiger partial charge is 0.388 e. The molecule has 0 unspecified atom stereocenters. The maximum atomic E-state index is 3.29. The van der Waals surface area contributed by atoms with Crippen LogP contribution in [0.5, 0.6) is 0 Å². The molecule has 1 heterocycles. The average Bonchev–Trinajstić information content (AvgIpc) is 2.12. The highest BCUT2D eigenvalue weighted by molar-refractivity contribution is 5.43. The van der Waals surface area contributed by atoms with Crippen LogP contribution in [0.15, 0.2) is 24.3 Å². The Bertz CT molecular complexity index is 262. The van der Waals surface area contributed by atoms with E-state index < -0.39 is 0 Å². The zero-order valence-corrected chi connectivity index (χ0v) is 8.01. The predicted octanol–water partition coefficient (Wildman–Crippen LogP) is 1.49. The van der Waals surface area contributed by atoms with Crippen molar-refractivity contribution in [3.05, 3.63) is 29.8 Å². The van der Waals surface area contributed by atoms with E-state index in [0.29, 0.717) is 0 Å². The third-order valence-electron chi connectivity index (χ3n) is 2.63. The van der Waals surface area contributed by atoms with Crippen molar-refractivity contribution in [2.75, 3.05) is 25.5 Å². The van der Waals surface area contributed by atoms with E-state index in [1.54, 1.807) is 0 Å². The number of anilines is 1. The molecule has 1 aromatic rings. The minimum atomic E-state index is 0.862. The van der Waals surface area contributed by atoms with Crippen molar-refractivity contribution in [3.63, 3.8) is 0 Å². The molecule has 1 aliphatic heterocycles. The topological polar surface area (TPSA) is 24.1 Å². The molecule has 2 heteroatoms. The van der Waals surface area contributed by atoms with E-state index in [2.05, 4.69) is 34.9 Å². The molecule has 1 aromatic carbocycles. The fraction of sp³-hybridized carbons (Fsp3) is 0.455. The van der Waals surface area contributed by atoms with E-state index in [4.69, 9.17) is 0 Å². The molecule has 0 saturated carbocycles. The molecule has 0 amide bonds. The number of nitrogens with one attached hydrogen (secondary N) is 2. The van der Waals surface area contributed by atoms with Crippen LogP contribution in [0.25, 0.3) is 0 Å². The lowest BCUT2D eigenvalue weighted by Crippen LogP contribution is -2.43. The van der Waals surface area contributed by atoms with Gasteiger partial charge < -0.3 is 10.6 Å². The minimum Gasteiger partial charge on any atom is -0.388 e. The standard InChI is InChI=1S/C11H16N2/c1-12-11-4-2-9(3-5-11)6-10-7-13-8-10/h2-5,10,12-13H,6-8H2,1H3. The lowest BCUT2D eigenvalue weighted by Gasteiger charge is -2.27. The fourth-order valence-electron chi connectivity index (χ4n) is 1.63. The van der Waals surface area contributed by atoms with Gasteiger partial charge in [-0.25, -0.2) is 0 Å². The van der Waals surface area contributed by atoms with Crippen LogP contribution in [-0.2, 0) is 6.42 Å². The van der Waals surface area contributed by atoms with E-state index >= 15 is 0 Å². The van der Waals surface area contributed by atoms with Crippen molar-refractivity contribution in [3.8, 4) is 0 Å². The number of rotatable bonds is 3. The molecule has 0 bridgehead atoms. The second-order valence-electron chi connectivity index (χ2n) is 3.68. The van der Waals surface area contributed by atoms with Crippen molar-refractivity contribution in [1.29, 1.82) is 0 Å². The molecule has 0 atom stereocenters. The number of hydrogen-bond acceptors (Lipinski definition) is 2. The molecule has 0 aliphatic carbocycles. The van der Waals surface area contributed by atoms with Crippen LogP contribution in [0.3, 0.4) is 0 Å². The van der Waals surface area contributed by atoms with Crippen LogP contribution in [0.2, 0.25) is 0 Å². The summed E-state index contributed by atoms with van der Waals surface area (Å²) in [6.45, 7) is 2.38. The van der Waals surface area contributed by atoms with Crippen LogP contribution in [0.4, 0.5) is 5.69 Å². The zero-order valence-electron chi connectivity index (χ0n) is 8.01. The Balaban J connectivity index is 1.96. The molecular weight excluding hydrogens is 160 g/mol. The Morgan fingerprint density at radius 1 is 1.31 bits per heavy atom. The van der Waals surface area contributed by atoms with Gasteiger partial charge in [0.05, 0.1) is 0 Å². The van der Waals surface area contributed by atoms with Crippen molar-refractivity contribution in [1.82, 2.24) is 5.32 Å². The van der Waals surface area contributed by atoms with Gasteiger partial charge >= 0.3 is 0 Å². The van der Waals surface area contributed by atoms with Crippen LogP contribution in [0, 0.1) is 5.92 Å². The molecule has 2 rings (SSSR count). The third kappa shape index (κ3) is 2.01. The van der Waals surface area contributed by atoms with E-state index in [1.807, 2.05) is 7.05 Å². The first-order valence-corrected chi connectivity index (χ1v) is 4.86. The summed E-state index contributed by atoms with van der Waals surface area (Å²) >= 11 is 0. The van der Waals surface area contributed by atoms with Crippen molar-refractivity contribution in [2.24, 2.45) is 5.92 Å². The van der Waals surface area contributed by atoms with Crippen LogP contribution >= 0.6 is 0 Å². The maximum absolute atomic E-state index is 3.29. The normalized spacial score (nSPS) is 16.7. The molecule has 0 spiro atoms. The SMILES string of the molecule is CNc1ccc(CC2CNC2)cc1. The Morgan fingerprint density at radius 2 is 2.00 bits per heavy atom. The second-order valence-corrected chi connectivity index (χ2v) is 3.68. The molecule has 1 saturated heterocycles. The van der Waals surface area contributed by atoms with Crippen LogP contribution < -0.4 is 10.6 Å². The van der Waals surface area contributed by atoms with Gasteiger partial charge in [0.25, 0.3) is 0 Å². The first-order chi connectivity index (χ1) is 6.38. The summed E-state index contributed by atoms with van der Waals surface area (Å²) in [6.07, 6.45) is 1.22. The van der Waals surface area contributed by atoms with Gasteiger partial charge in [0.15, 0.2) is 0 Å². The smallest absolute Gasteiger partial charge is 0.0337 e. The Labute approximate surface area is 79.4 Å². The lowest BCUT2D eigenvalue weighted by atomic mass is 9.94. The van der Waals surface area contributed by atoms with Gasteiger partial charge in [0.2, 0.25) is 0 Å². The quantitative estimate of drug-likeness (QED) is 0.729. The summed E-state index contributed by atoms with van der Waals surface area (Å²) in [4.78, 5) is 0. The molecule has 1 aliphatic rings. The lowest BCUT2D eigenvalue weighted by molar-refractivity contribution is 0.346. The molecule has 2 N–H and O–H groups in total. The Hall–Kier alpha value is -1.02. The van der Waals surface area contributed by atoms with Crippen LogP contribution in [0.1, 0.15) is 5.56 Å². The first kappa shape index (κ1) is 8.57. The molecule has 0 radical (unpaired) electrons. The van der Waals surface area contributed by atoms with E-state index in [0.717, 1.165) is 5.92 Å². The average molecular weight is 176 g/mol. The Morgan fingerprint density at radius 3 is 2.46 bits per heavy atom. The highest BCUT2D eigenvalue weighted by Gasteiger charge is 2.16. The molecular formula is C11H16N2. The van der Waals surface area contributed by atoms with Gasteiger partial charge in [0, 0.05) is 12.7 Å². The molecule has 0 aromatic heterocycles. The van der Waals surface area contributed by atoms with Gasteiger partial charge in [-0.05, 0) is 43.1 Å². The van der Waals surface area contributed by atoms with Crippen molar-refractivity contribution in [2.45, 2.75) is 6.42 Å². The fourth-order valence-corrected chi connectivity index (χ4v) is 1.63. The van der Waals surface area contributed by atoms with Gasteiger partial charge in [-0.15, -0.1) is 0 Å². The number of hydrogen-bond donors (Lipinski definition) is 2. The molecule has 13 heavy (non-hydrogen) atoms. The number of benzene rings is 1. The maximum Gasteiger partial charge on any atom is 0.0337 e. The molecule has 2 nitrogen and oxygen atoms in total. The Kier molecular flexibility index (Phi) is 2.50. The summed E-state index contributed by atoms with van der Waals surface area (Å²) in [7, 11) is 1.95.